The van der Waals surface area contributed by atoms with Crippen LogP contribution < -0.4 is 16.0 Å². The fourth-order valence-corrected chi connectivity index (χ4v) is 3.20. The van der Waals surface area contributed by atoms with Crippen LogP contribution in [-0.2, 0) is 10.0 Å². The minimum atomic E-state index is -3.69. The SMILES string of the molecule is NNc1ccccc1S(=O)(=O)Nc1cccc(Br)c1. The Hall–Kier alpha value is -1.57. The Balaban J connectivity index is 2.38. The first-order chi connectivity index (χ1) is 9.03. The van der Waals surface area contributed by atoms with Crippen molar-refractivity contribution in [1.82, 2.24) is 0 Å². The van der Waals surface area contributed by atoms with Gasteiger partial charge in [0.1, 0.15) is 4.90 Å². The third kappa shape index (κ3) is 3.25. The Morgan fingerprint density at radius 2 is 1.79 bits per heavy atom. The minimum Gasteiger partial charge on any atom is -0.323 e. The molecule has 7 heteroatoms. The van der Waals surface area contributed by atoms with Gasteiger partial charge in [-0.15, -0.1) is 0 Å². The van der Waals surface area contributed by atoms with Gasteiger partial charge >= 0.3 is 0 Å². The van der Waals surface area contributed by atoms with Crippen LogP contribution in [-0.4, -0.2) is 8.42 Å². The van der Waals surface area contributed by atoms with Gasteiger partial charge in [-0.2, -0.15) is 0 Å². The van der Waals surface area contributed by atoms with Crippen LogP contribution in [0.2, 0.25) is 0 Å². The highest BCUT2D eigenvalue weighted by molar-refractivity contribution is 9.10. The second-order valence-corrected chi connectivity index (χ2v) is 6.32. The normalized spacial score (nSPS) is 11.1. The van der Waals surface area contributed by atoms with E-state index >= 15 is 0 Å². The maximum absolute atomic E-state index is 12.3. The predicted octanol–water partition coefficient (Wildman–Crippen LogP) is 2.54. The number of hydrogen-bond donors (Lipinski definition) is 3. The summed E-state index contributed by atoms with van der Waals surface area (Å²) < 4.78 is 27.8. The second kappa shape index (κ2) is 5.60. The Bertz CT molecular complexity index is 689. The van der Waals surface area contributed by atoms with E-state index in [1.807, 2.05) is 6.07 Å². The molecule has 19 heavy (non-hydrogen) atoms. The fourth-order valence-electron chi connectivity index (χ4n) is 1.58. The zero-order chi connectivity index (χ0) is 13.9. The second-order valence-electron chi connectivity index (χ2n) is 3.76. The topological polar surface area (TPSA) is 84.2 Å². The lowest BCUT2D eigenvalue weighted by atomic mass is 10.3. The third-order valence-electron chi connectivity index (χ3n) is 2.41. The molecule has 0 radical (unpaired) electrons. The first kappa shape index (κ1) is 13.9. The van der Waals surface area contributed by atoms with E-state index in [4.69, 9.17) is 5.84 Å². The Morgan fingerprint density at radius 3 is 2.47 bits per heavy atom. The highest BCUT2D eigenvalue weighted by atomic mass is 79.9. The van der Waals surface area contributed by atoms with E-state index in [2.05, 4.69) is 26.1 Å². The van der Waals surface area contributed by atoms with Gasteiger partial charge in [0.15, 0.2) is 0 Å². The number of sulfonamides is 1. The molecular formula is C12H12BrN3O2S. The summed E-state index contributed by atoms with van der Waals surface area (Å²) in [6.45, 7) is 0. The number of para-hydroxylation sites is 1. The lowest BCUT2D eigenvalue weighted by Gasteiger charge is -2.11. The number of halogens is 1. The number of nitrogen functional groups attached to an aromatic ring is 1. The molecule has 5 nitrogen and oxygen atoms in total. The summed E-state index contributed by atoms with van der Waals surface area (Å²) in [5.74, 6) is 5.32. The molecule has 0 amide bonds. The van der Waals surface area contributed by atoms with Crippen LogP contribution in [0.1, 0.15) is 0 Å². The van der Waals surface area contributed by atoms with E-state index in [0.29, 0.717) is 11.4 Å². The van der Waals surface area contributed by atoms with Gasteiger partial charge in [0, 0.05) is 10.2 Å². The summed E-state index contributed by atoms with van der Waals surface area (Å²) in [7, 11) is -3.69. The van der Waals surface area contributed by atoms with Crippen LogP contribution in [0.3, 0.4) is 0 Å². The van der Waals surface area contributed by atoms with Gasteiger partial charge < -0.3 is 5.43 Å². The molecule has 0 unspecified atom stereocenters. The van der Waals surface area contributed by atoms with Crippen molar-refractivity contribution in [3.05, 3.63) is 53.0 Å². The molecule has 0 saturated carbocycles. The van der Waals surface area contributed by atoms with E-state index in [1.54, 1.807) is 36.4 Å². The molecule has 0 bridgehead atoms. The number of nitrogens with two attached hydrogens (primary N) is 1. The number of nitrogens with one attached hydrogen (secondary N) is 2. The smallest absolute Gasteiger partial charge is 0.264 e. The van der Waals surface area contributed by atoms with Crippen LogP contribution >= 0.6 is 15.9 Å². The summed E-state index contributed by atoms with van der Waals surface area (Å²) in [6, 6.07) is 13.3. The summed E-state index contributed by atoms with van der Waals surface area (Å²) in [5, 5.41) is 0. The van der Waals surface area contributed by atoms with Gasteiger partial charge in [-0.1, -0.05) is 34.1 Å². The van der Waals surface area contributed by atoms with E-state index in [-0.39, 0.29) is 4.90 Å². The van der Waals surface area contributed by atoms with Crippen LogP contribution in [0.25, 0.3) is 0 Å². The molecular weight excluding hydrogens is 330 g/mol. The van der Waals surface area contributed by atoms with Gasteiger partial charge in [0.25, 0.3) is 10.0 Å². The first-order valence-corrected chi connectivity index (χ1v) is 7.64. The Kier molecular flexibility index (Phi) is 4.08. The maximum Gasteiger partial charge on any atom is 0.264 e. The van der Waals surface area contributed by atoms with Crippen molar-refractivity contribution in [3.63, 3.8) is 0 Å². The summed E-state index contributed by atoms with van der Waals surface area (Å²) in [4.78, 5) is 0.0949. The van der Waals surface area contributed by atoms with Crippen molar-refractivity contribution in [2.45, 2.75) is 4.90 Å². The lowest BCUT2D eigenvalue weighted by molar-refractivity contribution is 0.601. The average molecular weight is 342 g/mol. The van der Waals surface area contributed by atoms with Crippen molar-refractivity contribution >= 4 is 37.3 Å². The molecule has 0 aliphatic rings. The standard InChI is InChI=1S/C12H12BrN3O2S/c13-9-4-3-5-10(8-9)16-19(17,18)12-7-2-1-6-11(12)15-14/h1-8,15-16H,14H2. The molecule has 2 aromatic carbocycles. The number of benzene rings is 2. The highest BCUT2D eigenvalue weighted by Crippen LogP contribution is 2.24. The summed E-state index contributed by atoms with van der Waals surface area (Å²) >= 11 is 3.29. The molecule has 0 saturated heterocycles. The largest absolute Gasteiger partial charge is 0.323 e. The van der Waals surface area contributed by atoms with Crippen molar-refractivity contribution in [2.75, 3.05) is 10.1 Å². The van der Waals surface area contributed by atoms with Crippen LogP contribution in [0, 0.1) is 0 Å². The molecule has 2 aromatic rings. The van der Waals surface area contributed by atoms with E-state index in [1.165, 1.54) is 6.07 Å². The van der Waals surface area contributed by atoms with Crippen LogP contribution in [0.5, 0.6) is 0 Å². The molecule has 0 aliphatic heterocycles. The average Bonchev–Trinajstić information content (AvgIpc) is 2.38. The molecule has 0 aliphatic carbocycles. The zero-order valence-electron chi connectivity index (χ0n) is 9.80. The van der Waals surface area contributed by atoms with Gasteiger partial charge in [-0.3, -0.25) is 10.6 Å². The number of hydrogen-bond acceptors (Lipinski definition) is 4. The molecule has 4 N–H and O–H groups in total. The molecule has 0 heterocycles. The molecule has 100 valence electrons. The Morgan fingerprint density at radius 1 is 1.05 bits per heavy atom. The molecule has 0 fully saturated rings. The van der Waals surface area contributed by atoms with E-state index in [9.17, 15) is 8.42 Å². The van der Waals surface area contributed by atoms with Gasteiger partial charge in [0.05, 0.1) is 5.69 Å². The van der Waals surface area contributed by atoms with Gasteiger partial charge in [-0.05, 0) is 30.3 Å². The summed E-state index contributed by atoms with van der Waals surface area (Å²) in [5.41, 5.74) is 3.18. The maximum atomic E-state index is 12.3. The van der Waals surface area contributed by atoms with Crippen LogP contribution in [0.4, 0.5) is 11.4 Å². The Labute approximate surface area is 120 Å². The van der Waals surface area contributed by atoms with Crippen molar-refractivity contribution in [2.24, 2.45) is 5.84 Å². The van der Waals surface area contributed by atoms with Gasteiger partial charge in [-0.25, -0.2) is 8.42 Å². The van der Waals surface area contributed by atoms with E-state index < -0.39 is 10.0 Å². The minimum absolute atomic E-state index is 0.0949. The molecule has 0 aromatic heterocycles. The predicted molar refractivity (Wildman–Crippen MR) is 79.2 cm³/mol. The third-order valence-corrected chi connectivity index (χ3v) is 4.34. The molecule has 0 spiro atoms. The van der Waals surface area contributed by atoms with Crippen molar-refractivity contribution < 1.29 is 8.42 Å². The number of anilines is 2. The van der Waals surface area contributed by atoms with Crippen molar-refractivity contribution in [1.29, 1.82) is 0 Å². The van der Waals surface area contributed by atoms with Crippen molar-refractivity contribution in [3.8, 4) is 0 Å². The number of hydrazine groups is 1. The van der Waals surface area contributed by atoms with E-state index in [0.717, 1.165) is 4.47 Å². The molecule has 2 rings (SSSR count). The zero-order valence-corrected chi connectivity index (χ0v) is 12.2. The summed E-state index contributed by atoms with van der Waals surface area (Å²) in [6.07, 6.45) is 0. The monoisotopic (exact) mass is 341 g/mol. The quantitative estimate of drug-likeness (QED) is 0.589. The molecule has 0 atom stereocenters. The highest BCUT2D eigenvalue weighted by Gasteiger charge is 2.17. The van der Waals surface area contributed by atoms with Crippen LogP contribution in [0.15, 0.2) is 57.9 Å². The van der Waals surface area contributed by atoms with Gasteiger partial charge in [0.2, 0.25) is 0 Å². The first-order valence-electron chi connectivity index (χ1n) is 5.37. The fraction of sp³-hybridized carbons (Fsp3) is 0. The number of rotatable bonds is 4. The lowest BCUT2D eigenvalue weighted by Crippen LogP contribution is -2.17.